The number of nitriles is 1. The number of isocyanates is 1. The maximum Gasteiger partial charge on any atom is 0.242 e. The average molecular weight is 266 g/mol. The third-order valence-electron chi connectivity index (χ3n) is 2.84. The number of carbonyl (C=O) groups excluding carboxylic acids is 1. The van der Waals surface area contributed by atoms with Crippen LogP contribution in [0.2, 0.25) is 0 Å². The van der Waals surface area contributed by atoms with Crippen molar-refractivity contribution < 1.29 is 4.79 Å². The highest BCUT2D eigenvalue weighted by molar-refractivity contribution is 5.51. The first kappa shape index (κ1) is 13.7. The Morgan fingerprint density at radius 3 is 2.65 bits per heavy atom. The first-order valence-electron chi connectivity index (χ1n) is 6.14. The van der Waals surface area contributed by atoms with E-state index in [9.17, 15) is 4.79 Å². The Morgan fingerprint density at radius 2 is 2.05 bits per heavy atom. The van der Waals surface area contributed by atoms with Gasteiger partial charge in [0.05, 0.1) is 23.0 Å². The third kappa shape index (κ3) is 2.66. The summed E-state index contributed by atoms with van der Waals surface area (Å²) in [5, 5.41) is 13.4. The van der Waals surface area contributed by atoms with Crippen molar-refractivity contribution in [2.45, 2.75) is 26.2 Å². The topological polar surface area (TPSA) is 71.0 Å². The average Bonchev–Trinajstić information content (AvgIpc) is 2.83. The van der Waals surface area contributed by atoms with Gasteiger partial charge in [-0.05, 0) is 18.2 Å². The molecule has 0 spiro atoms. The van der Waals surface area contributed by atoms with E-state index in [4.69, 9.17) is 5.26 Å². The Morgan fingerprint density at radius 1 is 1.30 bits per heavy atom. The van der Waals surface area contributed by atoms with Crippen LogP contribution in [0.4, 0.5) is 5.82 Å². The summed E-state index contributed by atoms with van der Waals surface area (Å²) in [5.41, 5.74) is 1.87. The van der Waals surface area contributed by atoms with Crippen LogP contribution in [-0.2, 0) is 10.2 Å². The molecule has 0 radical (unpaired) electrons. The maximum absolute atomic E-state index is 10.6. The molecule has 0 bridgehead atoms. The fraction of sp³-hybridized carbons (Fsp3) is 0.267. The highest BCUT2D eigenvalue weighted by Crippen LogP contribution is 2.27. The van der Waals surface area contributed by atoms with Gasteiger partial charge in [0.25, 0.3) is 0 Å². The third-order valence-corrected chi connectivity index (χ3v) is 2.84. The van der Waals surface area contributed by atoms with Gasteiger partial charge in [-0.1, -0.05) is 26.8 Å². The molecular weight excluding hydrogens is 252 g/mol. The van der Waals surface area contributed by atoms with Crippen molar-refractivity contribution in [1.82, 2.24) is 9.78 Å². The Bertz CT molecular complexity index is 725. The molecule has 1 heterocycles. The Kier molecular flexibility index (Phi) is 3.51. The van der Waals surface area contributed by atoms with Crippen LogP contribution >= 0.6 is 0 Å². The molecule has 0 unspecified atom stereocenters. The summed E-state index contributed by atoms with van der Waals surface area (Å²) in [5.74, 6) is 0.403. The highest BCUT2D eigenvalue weighted by Gasteiger charge is 2.20. The quantitative estimate of drug-likeness (QED) is 0.619. The van der Waals surface area contributed by atoms with Gasteiger partial charge in [-0.15, -0.1) is 4.99 Å². The first-order valence-corrected chi connectivity index (χ1v) is 6.14. The zero-order chi connectivity index (χ0) is 14.8. The van der Waals surface area contributed by atoms with Crippen LogP contribution in [0.25, 0.3) is 5.69 Å². The van der Waals surface area contributed by atoms with Crippen LogP contribution in [-0.4, -0.2) is 15.9 Å². The summed E-state index contributed by atoms with van der Waals surface area (Å²) in [6.45, 7) is 6.08. The Balaban J connectivity index is 2.63. The predicted octanol–water partition coefficient (Wildman–Crippen LogP) is 3.01. The van der Waals surface area contributed by atoms with Gasteiger partial charge >= 0.3 is 0 Å². The van der Waals surface area contributed by atoms with Gasteiger partial charge in [-0.3, -0.25) is 0 Å². The SMILES string of the molecule is CC(C)(C)c1cc(N=C=O)n(-c2cccc(C#N)c2)n1. The van der Waals surface area contributed by atoms with E-state index >= 15 is 0 Å². The number of hydrogen-bond donors (Lipinski definition) is 0. The molecule has 1 aromatic heterocycles. The van der Waals surface area contributed by atoms with E-state index in [-0.39, 0.29) is 5.41 Å². The number of nitrogens with zero attached hydrogens (tertiary/aromatic N) is 4. The van der Waals surface area contributed by atoms with E-state index in [1.54, 1.807) is 28.9 Å². The molecule has 0 saturated carbocycles. The van der Waals surface area contributed by atoms with Gasteiger partial charge in [0.2, 0.25) is 6.08 Å². The molecule has 0 atom stereocenters. The smallest absolute Gasteiger partial charge is 0.214 e. The summed E-state index contributed by atoms with van der Waals surface area (Å²) in [4.78, 5) is 14.2. The molecule has 0 fully saturated rings. The molecule has 1 aromatic carbocycles. The minimum atomic E-state index is -0.161. The molecule has 2 aromatic rings. The lowest BCUT2D eigenvalue weighted by atomic mass is 9.92. The van der Waals surface area contributed by atoms with E-state index in [0.29, 0.717) is 17.1 Å². The Labute approximate surface area is 117 Å². The van der Waals surface area contributed by atoms with Crippen molar-refractivity contribution in [1.29, 1.82) is 5.26 Å². The van der Waals surface area contributed by atoms with Crippen molar-refractivity contribution >= 4 is 11.9 Å². The standard InChI is InChI=1S/C15H14N4O/c1-15(2,3)13-8-14(17-10-20)19(18-13)12-6-4-5-11(7-12)9-16/h4-8H,1-3H3. The van der Waals surface area contributed by atoms with Crippen LogP contribution in [0, 0.1) is 11.3 Å². The number of aromatic nitrogens is 2. The van der Waals surface area contributed by atoms with E-state index in [1.807, 2.05) is 26.8 Å². The molecule has 0 aliphatic rings. The molecule has 100 valence electrons. The second-order valence-corrected chi connectivity index (χ2v) is 5.41. The molecular formula is C15H14N4O. The molecule has 20 heavy (non-hydrogen) atoms. The summed E-state index contributed by atoms with van der Waals surface area (Å²) >= 11 is 0. The summed E-state index contributed by atoms with van der Waals surface area (Å²) in [6.07, 6.45) is 1.54. The molecule has 0 aliphatic carbocycles. The van der Waals surface area contributed by atoms with Gasteiger partial charge in [-0.2, -0.15) is 10.4 Å². The highest BCUT2D eigenvalue weighted by atomic mass is 16.1. The van der Waals surface area contributed by atoms with Crippen LogP contribution < -0.4 is 0 Å². The largest absolute Gasteiger partial charge is 0.242 e. The molecule has 0 N–H and O–H groups in total. The summed E-state index contributed by atoms with van der Waals surface area (Å²) in [6, 6.07) is 10.8. The minimum absolute atomic E-state index is 0.161. The van der Waals surface area contributed by atoms with Gasteiger partial charge in [-0.25, -0.2) is 9.48 Å². The zero-order valence-corrected chi connectivity index (χ0v) is 11.6. The summed E-state index contributed by atoms with van der Waals surface area (Å²) in [7, 11) is 0. The van der Waals surface area contributed by atoms with Gasteiger partial charge in [0, 0.05) is 11.5 Å². The van der Waals surface area contributed by atoms with Crippen molar-refractivity contribution in [3.05, 3.63) is 41.6 Å². The number of rotatable bonds is 2. The zero-order valence-electron chi connectivity index (χ0n) is 11.6. The number of hydrogen-bond acceptors (Lipinski definition) is 4. The maximum atomic E-state index is 10.6. The van der Waals surface area contributed by atoms with Gasteiger partial charge < -0.3 is 0 Å². The van der Waals surface area contributed by atoms with Crippen molar-refractivity contribution in [2.24, 2.45) is 4.99 Å². The van der Waals surface area contributed by atoms with E-state index in [2.05, 4.69) is 16.2 Å². The first-order chi connectivity index (χ1) is 9.45. The van der Waals surface area contributed by atoms with Crippen molar-refractivity contribution in [3.8, 4) is 11.8 Å². The number of aliphatic imine (C=N–C) groups is 1. The normalized spacial score (nSPS) is 10.7. The molecule has 5 heteroatoms. The van der Waals surface area contributed by atoms with Crippen molar-refractivity contribution in [2.75, 3.05) is 0 Å². The predicted molar refractivity (Wildman–Crippen MR) is 74.8 cm³/mol. The molecule has 0 amide bonds. The van der Waals surface area contributed by atoms with Gasteiger partial charge in [0.1, 0.15) is 0 Å². The number of benzene rings is 1. The second-order valence-electron chi connectivity index (χ2n) is 5.41. The summed E-state index contributed by atoms with van der Waals surface area (Å²) < 4.78 is 1.55. The fourth-order valence-electron chi connectivity index (χ4n) is 1.76. The van der Waals surface area contributed by atoms with Gasteiger partial charge in [0.15, 0.2) is 5.82 Å². The monoisotopic (exact) mass is 266 g/mol. The van der Waals surface area contributed by atoms with Crippen LogP contribution in [0.3, 0.4) is 0 Å². The lowest BCUT2D eigenvalue weighted by molar-refractivity contribution is 0.560. The lowest BCUT2D eigenvalue weighted by Gasteiger charge is -2.14. The van der Waals surface area contributed by atoms with E-state index in [0.717, 1.165) is 5.69 Å². The van der Waals surface area contributed by atoms with E-state index in [1.165, 1.54) is 6.08 Å². The lowest BCUT2D eigenvalue weighted by Crippen LogP contribution is -2.12. The second kappa shape index (κ2) is 5.12. The fourth-order valence-corrected chi connectivity index (χ4v) is 1.76. The molecule has 0 aliphatic heterocycles. The van der Waals surface area contributed by atoms with Crippen LogP contribution in [0.1, 0.15) is 32.0 Å². The van der Waals surface area contributed by atoms with Crippen molar-refractivity contribution in [3.63, 3.8) is 0 Å². The van der Waals surface area contributed by atoms with Crippen LogP contribution in [0.5, 0.6) is 0 Å². The van der Waals surface area contributed by atoms with Crippen LogP contribution in [0.15, 0.2) is 35.3 Å². The molecule has 2 rings (SSSR count). The van der Waals surface area contributed by atoms with E-state index < -0.39 is 0 Å². The molecule has 0 saturated heterocycles. The minimum Gasteiger partial charge on any atom is -0.214 e. The molecule has 5 nitrogen and oxygen atoms in total. The Hall–Kier alpha value is -2.70.